The minimum Gasteiger partial charge on any atom is -0.481 e. The fourth-order valence-electron chi connectivity index (χ4n) is 1.58. The summed E-state index contributed by atoms with van der Waals surface area (Å²) in [6.07, 6.45) is -0.951. The molecule has 0 fully saturated rings. The molecule has 1 heterocycles. The monoisotopic (exact) mass is 385 g/mol. The number of ether oxygens (including phenoxy) is 1. The van der Waals surface area contributed by atoms with Gasteiger partial charge in [0.1, 0.15) is 9.96 Å². The molecule has 7 nitrogen and oxygen atoms in total. The molecule has 24 heavy (non-hydrogen) atoms. The second-order valence-corrected chi connectivity index (χ2v) is 8.17. The third kappa shape index (κ3) is 4.69. The summed E-state index contributed by atoms with van der Waals surface area (Å²) in [7, 11) is -3.89. The lowest BCUT2D eigenvalue weighted by atomic mass is 10.2. The van der Waals surface area contributed by atoms with Crippen molar-refractivity contribution in [2.75, 3.05) is 0 Å². The fraction of sp³-hybridized carbons (Fsp3) is 0.143. The van der Waals surface area contributed by atoms with Gasteiger partial charge in [0.2, 0.25) is 0 Å². The predicted molar refractivity (Wildman–Crippen MR) is 89.0 cm³/mol. The second kappa shape index (κ2) is 7.63. The minimum absolute atomic E-state index is 0.0199. The quantitative estimate of drug-likeness (QED) is 0.740. The van der Waals surface area contributed by atoms with Crippen LogP contribution in [0.25, 0.3) is 0 Å². The average molecular weight is 386 g/mol. The fourth-order valence-corrected chi connectivity index (χ4v) is 3.91. The van der Waals surface area contributed by atoms with E-state index in [2.05, 4.69) is 5.43 Å². The number of nitriles is 1. The zero-order chi connectivity index (χ0) is 17.7. The number of nitrogens with one attached hydrogen (secondary N) is 2. The van der Waals surface area contributed by atoms with Crippen molar-refractivity contribution in [2.24, 2.45) is 0 Å². The zero-order valence-electron chi connectivity index (χ0n) is 12.3. The standard InChI is InChI=1S/C14H12ClN3O4S2/c1-9(22-11-4-2-10(8-16)3-5-11)14(19)17-18-24(20,21)13-7-6-12(15)23-13/h2-7,9,18H,1H3,(H,17,19)/t9-/m1/s1. The van der Waals surface area contributed by atoms with Gasteiger partial charge >= 0.3 is 0 Å². The van der Waals surface area contributed by atoms with Gasteiger partial charge in [-0.3, -0.25) is 10.2 Å². The topological polar surface area (TPSA) is 108 Å². The van der Waals surface area contributed by atoms with E-state index in [-0.39, 0.29) is 4.21 Å². The summed E-state index contributed by atoms with van der Waals surface area (Å²) in [6, 6.07) is 10.9. The maximum Gasteiger partial charge on any atom is 0.275 e. The number of halogens is 1. The molecule has 0 aliphatic heterocycles. The van der Waals surface area contributed by atoms with E-state index < -0.39 is 22.0 Å². The van der Waals surface area contributed by atoms with Crippen LogP contribution in [-0.4, -0.2) is 20.4 Å². The van der Waals surface area contributed by atoms with E-state index in [1.165, 1.54) is 19.1 Å². The second-order valence-electron chi connectivity index (χ2n) is 4.55. The lowest BCUT2D eigenvalue weighted by molar-refractivity contribution is -0.127. The predicted octanol–water partition coefficient (Wildman–Crippen LogP) is 2.05. The molecule has 0 radical (unpaired) electrons. The van der Waals surface area contributed by atoms with Crippen LogP contribution >= 0.6 is 22.9 Å². The van der Waals surface area contributed by atoms with E-state index >= 15 is 0 Å². The molecule has 10 heteroatoms. The maximum absolute atomic E-state index is 12.0. The normalized spacial score (nSPS) is 12.2. The zero-order valence-corrected chi connectivity index (χ0v) is 14.7. The number of nitrogens with zero attached hydrogens (tertiary/aromatic N) is 1. The molecule has 0 bridgehead atoms. The van der Waals surface area contributed by atoms with Crippen molar-refractivity contribution in [1.29, 1.82) is 5.26 Å². The molecule has 0 saturated carbocycles. The Morgan fingerprint density at radius 1 is 1.29 bits per heavy atom. The number of hydrazine groups is 1. The average Bonchev–Trinajstić information content (AvgIpc) is 3.00. The summed E-state index contributed by atoms with van der Waals surface area (Å²) in [5.41, 5.74) is 2.54. The third-order valence-corrected chi connectivity index (χ3v) is 5.76. The highest BCUT2D eigenvalue weighted by atomic mass is 35.5. The van der Waals surface area contributed by atoms with Crippen LogP contribution in [0.5, 0.6) is 5.75 Å². The molecule has 1 aromatic carbocycles. The SMILES string of the molecule is C[C@@H](Oc1ccc(C#N)cc1)C(=O)NNS(=O)(=O)c1ccc(Cl)s1. The lowest BCUT2D eigenvalue weighted by Crippen LogP contribution is -2.46. The number of rotatable bonds is 6. The number of amides is 1. The van der Waals surface area contributed by atoms with E-state index in [1.54, 1.807) is 24.3 Å². The summed E-state index contributed by atoms with van der Waals surface area (Å²) >= 11 is 6.56. The first kappa shape index (κ1) is 18.2. The molecule has 0 unspecified atom stereocenters. The lowest BCUT2D eigenvalue weighted by Gasteiger charge is -2.15. The van der Waals surface area contributed by atoms with Crippen LogP contribution in [0.15, 0.2) is 40.6 Å². The van der Waals surface area contributed by atoms with Crippen LogP contribution in [0.3, 0.4) is 0 Å². The van der Waals surface area contributed by atoms with Gasteiger partial charge in [0.15, 0.2) is 6.10 Å². The van der Waals surface area contributed by atoms with Crippen molar-refractivity contribution in [1.82, 2.24) is 10.3 Å². The molecule has 0 saturated heterocycles. The van der Waals surface area contributed by atoms with Crippen LogP contribution in [-0.2, 0) is 14.8 Å². The number of carbonyl (C=O) groups excluding carboxylic acids is 1. The molecule has 1 amide bonds. The maximum atomic E-state index is 12.0. The Balaban J connectivity index is 1.92. The largest absolute Gasteiger partial charge is 0.481 e. The Morgan fingerprint density at radius 3 is 2.50 bits per heavy atom. The van der Waals surface area contributed by atoms with Crippen molar-refractivity contribution in [3.8, 4) is 11.8 Å². The van der Waals surface area contributed by atoms with E-state index in [0.29, 0.717) is 15.6 Å². The first-order valence-electron chi connectivity index (χ1n) is 6.55. The van der Waals surface area contributed by atoms with Gasteiger partial charge in [0, 0.05) is 0 Å². The molecule has 126 valence electrons. The first-order valence-corrected chi connectivity index (χ1v) is 9.23. The highest BCUT2D eigenvalue weighted by Crippen LogP contribution is 2.24. The van der Waals surface area contributed by atoms with Gasteiger partial charge in [0.05, 0.1) is 16.0 Å². The number of hydrogen-bond donors (Lipinski definition) is 2. The minimum atomic E-state index is -3.89. The summed E-state index contributed by atoms with van der Waals surface area (Å²) < 4.78 is 29.6. The first-order chi connectivity index (χ1) is 11.3. The number of sulfonamides is 1. The Bertz CT molecular complexity index is 872. The molecule has 0 spiro atoms. The van der Waals surface area contributed by atoms with Crippen molar-refractivity contribution in [3.63, 3.8) is 0 Å². The van der Waals surface area contributed by atoms with Crippen molar-refractivity contribution < 1.29 is 17.9 Å². The van der Waals surface area contributed by atoms with Crippen LogP contribution in [0.1, 0.15) is 12.5 Å². The summed E-state index contributed by atoms with van der Waals surface area (Å²) in [6.45, 7) is 1.46. The highest BCUT2D eigenvalue weighted by molar-refractivity contribution is 7.91. The van der Waals surface area contributed by atoms with Gasteiger partial charge in [0.25, 0.3) is 15.9 Å². The van der Waals surface area contributed by atoms with Gasteiger partial charge in [-0.2, -0.15) is 5.26 Å². The molecule has 2 rings (SSSR count). The Hall–Kier alpha value is -2.12. The number of hydrogen-bond acceptors (Lipinski definition) is 6. The van der Waals surface area contributed by atoms with Gasteiger partial charge < -0.3 is 4.74 Å². The van der Waals surface area contributed by atoms with Crippen LogP contribution in [0, 0.1) is 11.3 Å². The van der Waals surface area contributed by atoms with E-state index in [0.717, 1.165) is 11.3 Å². The Morgan fingerprint density at radius 2 is 1.96 bits per heavy atom. The molecule has 1 atom stereocenters. The smallest absolute Gasteiger partial charge is 0.275 e. The van der Waals surface area contributed by atoms with Crippen LogP contribution < -0.4 is 15.0 Å². The van der Waals surface area contributed by atoms with Gasteiger partial charge in [-0.1, -0.05) is 11.6 Å². The van der Waals surface area contributed by atoms with E-state index in [4.69, 9.17) is 21.6 Å². The third-order valence-electron chi connectivity index (χ3n) is 2.79. The molecule has 0 aliphatic carbocycles. The van der Waals surface area contributed by atoms with E-state index in [9.17, 15) is 13.2 Å². The summed E-state index contributed by atoms with van der Waals surface area (Å²) in [5.74, 6) is -0.296. The highest BCUT2D eigenvalue weighted by Gasteiger charge is 2.20. The van der Waals surface area contributed by atoms with Crippen LogP contribution in [0.2, 0.25) is 4.34 Å². The number of benzene rings is 1. The number of thiophene rings is 1. The molecule has 2 N–H and O–H groups in total. The Kier molecular flexibility index (Phi) is 5.80. The molecular formula is C14H12ClN3O4S2. The van der Waals surface area contributed by atoms with Crippen molar-refractivity contribution >= 4 is 38.9 Å². The molecule has 2 aromatic rings. The Labute approximate surface area is 147 Å². The summed E-state index contributed by atoms with van der Waals surface area (Å²) in [5, 5.41) is 8.71. The van der Waals surface area contributed by atoms with Gasteiger partial charge in [-0.05, 0) is 43.3 Å². The summed E-state index contributed by atoms with van der Waals surface area (Å²) in [4.78, 5) is 13.9. The molecular weight excluding hydrogens is 374 g/mol. The van der Waals surface area contributed by atoms with Crippen LogP contribution in [0.4, 0.5) is 0 Å². The van der Waals surface area contributed by atoms with Gasteiger partial charge in [-0.15, -0.1) is 16.2 Å². The molecule has 1 aromatic heterocycles. The van der Waals surface area contributed by atoms with Crippen molar-refractivity contribution in [3.05, 3.63) is 46.3 Å². The molecule has 0 aliphatic rings. The van der Waals surface area contributed by atoms with E-state index in [1.807, 2.05) is 10.9 Å². The number of carbonyl (C=O) groups is 1. The van der Waals surface area contributed by atoms with Gasteiger partial charge in [-0.25, -0.2) is 8.42 Å². The van der Waals surface area contributed by atoms with Crippen molar-refractivity contribution in [2.45, 2.75) is 17.2 Å².